The smallest absolute Gasteiger partial charge is 0.125 e. The van der Waals surface area contributed by atoms with Crippen LogP contribution >= 0.6 is 0 Å². The number of nitrogens with one attached hydrogen (secondary N) is 1. The molecule has 0 bridgehead atoms. The quantitative estimate of drug-likeness (QED) is 0.837. The summed E-state index contributed by atoms with van der Waals surface area (Å²) in [6, 6.07) is 6.59. The zero-order valence-electron chi connectivity index (χ0n) is 13.7. The molecule has 2 unspecified atom stereocenters. The molecule has 1 heterocycles. The van der Waals surface area contributed by atoms with Crippen molar-refractivity contribution in [3.63, 3.8) is 0 Å². The summed E-state index contributed by atoms with van der Waals surface area (Å²) in [5.74, 6) is 0.962. The van der Waals surface area contributed by atoms with Crippen molar-refractivity contribution in [2.45, 2.75) is 38.8 Å². The Balaban J connectivity index is 2.27. The van der Waals surface area contributed by atoms with Crippen molar-refractivity contribution < 1.29 is 9.47 Å². The van der Waals surface area contributed by atoms with Crippen molar-refractivity contribution in [1.29, 1.82) is 0 Å². The summed E-state index contributed by atoms with van der Waals surface area (Å²) in [6.07, 6.45) is 2.55. The van der Waals surface area contributed by atoms with E-state index in [-0.39, 0.29) is 6.04 Å². The van der Waals surface area contributed by atoms with E-state index in [4.69, 9.17) is 9.47 Å². The molecule has 4 heteroatoms. The molecule has 1 N–H and O–H groups in total. The first kappa shape index (κ1) is 16.1. The molecule has 4 nitrogen and oxygen atoms in total. The third kappa shape index (κ3) is 3.69. The molecule has 0 amide bonds. The van der Waals surface area contributed by atoms with Crippen molar-refractivity contribution in [2.24, 2.45) is 0 Å². The van der Waals surface area contributed by atoms with E-state index in [1.807, 2.05) is 6.07 Å². The number of ether oxygens (including phenoxy) is 2. The summed E-state index contributed by atoms with van der Waals surface area (Å²) >= 11 is 0. The Morgan fingerprint density at radius 3 is 2.81 bits per heavy atom. The van der Waals surface area contributed by atoms with E-state index in [0.29, 0.717) is 6.10 Å². The number of hydrogen-bond acceptors (Lipinski definition) is 4. The molecule has 0 aromatic heterocycles. The van der Waals surface area contributed by atoms with Crippen LogP contribution in [0.4, 0.5) is 5.69 Å². The summed E-state index contributed by atoms with van der Waals surface area (Å²) in [5, 5.41) is 3.57. The van der Waals surface area contributed by atoms with Gasteiger partial charge >= 0.3 is 0 Å². The van der Waals surface area contributed by atoms with Gasteiger partial charge in [-0.05, 0) is 38.4 Å². The Morgan fingerprint density at radius 2 is 2.19 bits per heavy atom. The Kier molecular flexibility index (Phi) is 5.88. The lowest BCUT2D eigenvalue weighted by atomic mass is 10.0. The van der Waals surface area contributed by atoms with Crippen LogP contribution in [0.25, 0.3) is 0 Å². The second kappa shape index (κ2) is 7.66. The van der Waals surface area contributed by atoms with Crippen LogP contribution in [0, 0.1) is 0 Å². The molecular weight excluding hydrogens is 264 g/mol. The van der Waals surface area contributed by atoms with Gasteiger partial charge in [0.15, 0.2) is 0 Å². The fourth-order valence-corrected chi connectivity index (χ4v) is 3.02. The summed E-state index contributed by atoms with van der Waals surface area (Å²) in [5.41, 5.74) is 2.52. The van der Waals surface area contributed by atoms with Crippen LogP contribution in [-0.4, -0.2) is 40.0 Å². The van der Waals surface area contributed by atoms with E-state index in [9.17, 15) is 0 Å². The first-order chi connectivity index (χ1) is 10.2. The van der Waals surface area contributed by atoms with Gasteiger partial charge in [0.25, 0.3) is 0 Å². The van der Waals surface area contributed by atoms with Crippen LogP contribution < -0.4 is 15.0 Å². The summed E-state index contributed by atoms with van der Waals surface area (Å²) in [7, 11) is 3.54. The number of methoxy groups -OCH3 is 2. The van der Waals surface area contributed by atoms with Crippen molar-refractivity contribution in [2.75, 3.05) is 38.8 Å². The maximum Gasteiger partial charge on any atom is 0.125 e. The van der Waals surface area contributed by atoms with E-state index in [1.165, 1.54) is 11.3 Å². The van der Waals surface area contributed by atoms with Crippen molar-refractivity contribution >= 4 is 5.69 Å². The molecule has 0 spiro atoms. The monoisotopic (exact) mass is 292 g/mol. The standard InChI is InChI=1S/C17H28N2O2/c1-5-10-18-13(2)17-15(7-6-8-16(17)21-4)19-11-9-14(12-19)20-3/h6-8,13-14,18H,5,9-12H2,1-4H3. The van der Waals surface area contributed by atoms with Crippen molar-refractivity contribution in [1.82, 2.24) is 5.32 Å². The van der Waals surface area contributed by atoms with Gasteiger partial charge in [0.05, 0.1) is 13.2 Å². The minimum Gasteiger partial charge on any atom is -0.496 e. The lowest BCUT2D eigenvalue weighted by Crippen LogP contribution is -2.27. The van der Waals surface area contributed by atoms with Crippen LogP contribution in [0.5, 0.6) is 5.75 Å². The van der Waals surface area contributed by atoms with E-state index >= 15 is 0 Å². The normalized spacial score (nSPS) is 19.8. The summed E-state index contributed by atoms with van der Waals surface area (Å²) in [6.45, 7) is 7.41. The molecule has 21 heavy (non-hydrogen) atoms. The molecule has 0 saturated carbocycles. The SMILES string of the molecule is CCCNC(C)c1c(OC)cccc1N1CCC(OC)C1. The summed E-state index contributed by atoms with van der Waals surface area (Å²) in [4.78, 5) is 2.41. The van der Waals surface area contributed by atoms with E-state index < -0.39 is 0 Å². The maximum atomic E-state index is 5.60. The zero-order chi connectivity index (χ0) is 15.2. The van der Waals surface area contributed by atoms with Crippen LogP contribution in [-0.2, 0) is 4.74 Å². The Hall–Kier alpha value is -1.26. The van der Waals surface area contributed by atoms with E-state index in [1.54, 1.807) is 14.2 Å². The second-order valence-corrected chi connectivity index (χ2v) is 5.66. The van der Waals surface area contributed by atoms with E-state index in [0.717, 1.165) is 38.2 Å². The third-order valence-corrected chi connectivity index (χ3v) is 4.22. The molecule has 1 saturated heterocycles. The molecular formula is C17H28N2O2. The number of anilines is 1. The fraction of sp³-hybridized carbons (Fsp3) is 0.647. The molecule has 0 radical (unpaired) electrons. The largest absolute Gasteiger partial charge is 0.496 e. The van der Waals surface area contributed by atoms with Gasteiger partial charge in [-0.1, -0.05) is 13.0 Å². The predicted molar refractivity (Wildman–Crippen MR) is 87.3 cm³/mol. The van der Waals surface area contributed by atoms with Gasteiger partial charge in [-0.2, -0.15) is 0 Å². The van der Waals surface area contributed by atoms with Crippen LogP contribution in [0.3, 0.4) is 0 Å². The molecule has 0 aliphatic carbocycles. The molecule has 118 valence electrons. The number of nitrogens with zero attached hydrogens (tertiary/aromatic N) is 1. The van der Waals surface area contributed by atoms with Gasteiger partial charge in [0.1, 0.15) is 5.75 Å². The van der Waals surface area contributed by atoms with Crippen LogP contribution in [0.1, 0.15) is 38.3 Å². The topological polar surface area (TPSA) is 33.7 Å². The van der Waals surface area contributed by atoms with Crippen LogP contribution in [0.2, 0.25) is 0 Å². The highest BCUT2D eigenvalue weighted by Gasteiger charge is 2.26. The second-order valence-electron chi connectivity index (χ2n) is 5.66. The Morgan fingerprint density at radius 1 is 1.38 bits per heavy atom. The molecule has 1 aliphatic rings. The van der Waals surface area contributed by atoms with E-state index in [2.05, 4.69) is 36.2 Å². The minimum absolute atomic E-state index is 0.276. The third-order valence-electron chi connectivity index (χ3n) is 4.22. The van der Waals surface area contributed by atoms with Gasteiger partial charge in [-0.15, -0.1) is 0 Å². The Labute approximate surface area is 128 Å². The average Bonchev–Trinajstić information content (AvgIpc) is 3.00. The highest BCUT2D eigenvalue weighted by atomic mass is 16.5. The average molecular weight is 292 g/mol. The molecule has 2 atom stereocenters. The lowest BCUT2D eigenvalue weighted by Gasteiger charge is -2.27. The predicted octanol–water partition coefficient (Wildman–Crippen LogP) is 2.98. The van der Waals surface area contributed by atoms with Gasteiger partial charge in [0.2, 0.25) is 0 Å². The first-order valence-corrected chi connectivity index (χ1v) is 7.89. The van der Waals surface area contributed by atoms with Crippen LogP contribution in [0.15, 0.2) is 18.2 Å². The first-order valence-electron chi connectivity index (χ1n) is 7.89. The zero-order valence-corrected chi connectivity index (χ0v) is 13.7. The number of rotatable bonds is 7. The molecule has 1 aromatic rings. The highest BCUT2D eigenvalue weighted by molar-refractivity contribution is 5.61. The van der Waals surface area contributed by atoms with Gasteiger partial charge in [0, 0.05) is 37.5 Å². The van der Waals surface area contributed by atoms with Crippen molar-refractivity contribution in [3.8, 4) is 5.75 Å². The highest BCUT2D eigenvalue weighted by Crippen LogP contribution is 2.36. The van der Waals surface area contributed by atoms with Gasteiger partial charge in [-0.25, -0.2) is 0 Å². The molecule has 1 fully saturated rings. The van der Waals surface area contributed by atoms with Gasteiger partial charge in [-0.3, -0.25) is 0 Å². The number of hydrogen-bond donors (Lipinski definition) is 1. The molecule has 1 aliphatic heterocycles. The number of benzene rings is 1. The lowest BCUT2D eigenvalue weighted by molar-refractivity contribution is 0.121. The van der Waals surface area contributed by atoms with Gasteiger partial charge < -0.3 is 19.7 Å². The minimum atomic E-state index is 0.276. The van der Waals surface area contributed by atoms with Crippen molar-refractivity contribution in [3.05, 3.63) is 23.8 Å². The summed E-state index contributed by atoms with van der Waals surface area (Å²) < 4.78 is 11.1. The molecule has 1 aromatic carbocycles. The molecule has 2 rings (SSSR count). The fourth-order valence-electron chi connectivity index (χ4n) is 3.02. The Bertz CT molecular complexity index is 450. The maximum absolute atomic E-state index is 5.60.